The van der Waals surface area contributed by atoms with Crippen molar-refractivity contribution in [3.63, 3.8) is 0 Å². The van der Waals surface area contributed by atoms with Crippen LogP contribution < -0.4 is 10.2 Å². The molecule has 1 aliphatic rings. The van der Waals surface area contributed by atoms with Crippen LogP contribution >= 0.6 is 35.3 Å². The van der Waals surface area contributed by atoms with Crippen molar-refractivity contribution in [1.82, 2.24) is 10.2 Å². The Morgan fingerprint density at radius 2 is 2.00 bits per heavy atom. The quantitative estimate of drug-likeness (QED) is 0.234. The molecule has 8 heteroatoms. The minimum atomic E-state index is 0. The highest BCUT2D eigenvalue weighted by Gasteiger charge is 2.20. The van der Waals surface area contributed by atoms with Gasteiger partial charge in [-0.3, -0.25) is 4.99 Å². The molecular formula is C18H33IN4O2S. The number of guanidine groups is 1. The highest BCUT2D eigenvalue weighted by atomic mass is 127. The number of hydrogen-bond acceptors (Lipinski definition) is 5. The van der Waals surface area contributed by atoms with Crippen molar-refractivity contribution >= 4 is 46.3 Å². The molecular weight excluding hydrogens is 463 g/mol. The van der Waals surface area contributed by atoms with Crippen molar-refractivity contribution < 1.29 is 9.47 Å². The van der Waals surface area contributed by atoms with Gasteiger partial charge in [-0.25, -0.2) is 0 Å². The second-order valence-corrected chi connectivity index (χ2v) is 6.90. The molecule has 2 rings (SSSR count). The Hall–Kier alpha value is -0.580. The summed E-state index contributed by atoms with van der Waals surface area (Å²) in [6.07, 6.45) is 2.09. The largest absolute Gasteiger partial charge is 0.382 e. The lowest BCUT2D eigenvalue weighted by Gasteiger charge is -2.37. The first kappa shape index (κ1) is 23.5. The highest BCUT2D eigenvalue weighted by Crippen LogP contribution is 2.22. The molecule has 1 N–H and O–H groups in total. The Labute approximate surface area is 179 Å². The Bertz CT molecular complexity index is 480. The standard InChI is InChI=1S/C18H32N4O2S.HI/c1-3-19-18(20-8-4-5-13-24-15-14-23-2)22-11-9-21(10-12-22)17-7-6-16-25-17;/h6-7,16H,3-5,8-15H2,1-2H3,(H,19,20);1H. The van der Waals surface area contributed by atoms with Crippen molar-refractivity contribution in [2.24, 2.45) is 4.99 Å². The predicted molar refractivity (Wildman–Crippen MR) is 121 cm³/mol. The van der Waals surface area contributed by atoms with Crippen molar-refractivity contribution in [1.29, 1.82) is 0 Å². The van der Waals surface area contributed by atoms with Crippen LogP contribution in [0.1, 0.15) is 19.8 Å². The molecule has 0 saturated carbocycles. The van der Waals surface area contributed by atoms with E-state index in [9.17, 15) is 0 Å². The number of aliphatic imine (C=N–C) groups is 1. The Morgan fingerprint density at radius 1 is 1.19 bits per heavy atom. The number of methoxy groups -OCH3 is 1. The second-order valence-electron chi connectivity index (χ2n) is 5.97. The number of anilines is 1. The maximum Gasteiger partial charge on any atom is 0.194 e. The zero-order chi connectivity index (χ0) is 17.7. The van der Waals surface area contributed by atoms with Gasteiger partial charge in [0.05, 0.1) is 18.2 Å². The van der Waals surface area contributed by atoms with E-state index < -0.39 is 0 Å². The molecule has 0 aromatic carbocycles. The summed E-state index contributed by atoms with van der Waals surface area (Å²) in [5.41, 5.74) is 0. The van der Waals surface area contributed by atoms with Crippen LogP contribution in [-0.2, 0) is 9.47 Å². The molecule has 0 radical (unpaired) electrons. The van der Waals surface area contributed by atoms with E-state index in [1.165, 1.54) is 5.00 Å². The van der Waals surface area contributed by atoms with Gasteiger partial charge in [-0.15, -0.1) is 35.3 Å². The van der Waals surface area contributed by atoms with Crippen LogP contribution in [0, 0.1) is 0 Å². The normalized spacial score (nSPS) is 15.1. The average molecular weight is 496 g/mol. The van der Waals surface area contributed by atoms with Gasteiger partial charge >= 0.3 is 0 Å². The Balaban J connectivity index is 0.00000338. The van der Waals surface area contributed by atoms with Gasteiger partial charge in [0, 0.05) is 53.0 Å². The van der Waals surface area contributed by atoms with Gasteiger partial charge in [-0.1, -0.05) is 0 Å². The van der Waals surface area contributed by atoms with Crippen molar-refractivity contribution in [3.8, 4) is 0 Å². The maximum absolute atomic E-state index is 5.49. The van der Waals surface area contributed by atoms with E-state index in [1.54, 1.807) is 7.11 Å². The van der Waals surface area contributed by atoms with Gasteiger partial charge < -0.3 is 24.6 Å². The summed E-state index contributed by atoms with van der Waals surface area (Å²) in [6.45, 7) is 10.2. The van der Waals surface area contributed by atoms with Crippen LogP contribution in [-0.4, -0.2) is 77.1 Å². The van der Waals surface area contributed by atoms with E-state index in [2.05, 4.69) is 39.6 Å². The molecule has 26 heavy (non-hydrogen) atoms. The zero-order valence-corrected chi connectivity index (χ0v) is 19.1. The van der Waals surface area contributed by atoms with Gasteiger partial charge in [0.25, 0.3) is 0 Å². The average Bonchev–Trinajstić information content (AvgIpc) is 3.18. The molecule has 6 nitrogen and oxygen atoms in total. The van der Waals surface area contributed by atoms with Crippen LogP contribution in [0.4, 0.5) is 5.00 Å². The number of halogens is 1. The lowest BCUT2D eigenvalue weighted by Crippen LogP contribution is -2.52. The fourth-order valence-corrected chi connectivity index (χ4v) is 3.54. The number of rotatable bonds is 10. The lowest BCUT2D eigenvalue weighted by atomic mass is 10.3. The third kappa shape index (κ3) is 8.41. The van der Waals surface area contributed by atoms with Crippen molar-refractivity contribution in [3.05, 3.63) is 17.5 Å². The van der Waals surface area contributed by atoms with Crippen LogP contribution in [0.15, 0.2) is 22.5 Å². The van der Waals surface area contributed by atoms with E-state index in [0.29, 0.717) is 13.2 Å². The van der Waals surface area contributed by atoms with Crippen LogP contribution in [0.5, 0.6) is 0 Å². The summed E-state index contributed by atoms with van der Waals surface area (Å²) in [5.74, 6) is 1.05. The van der Waals surface area contributed by atoms with E-state index in [-0.39, 0.29) is 24.0 Å². The molecule has 1 saturated heterocycles. The molecule has 1 aromatic heterocycles. The summed E-state index contributed by atoms with van der Waals surface area (Å²) in [4.78, 5) is 9.63. The van der Waals surface area contributed by atoms with Crippen molar-refractivity contribution in [2.45, 2.75) is 19.8 Å². The summed E-state index contributed by atoms with van der Waals surface area (Å²) >= 11 is 1.82. The van der Waals surface area contributed by atoms with E-state index in [0.717, 1.165) is 64.7 Å². The third-order valence-electron chi connectivity index (χ3n) is 4.12. The predicted octanol–water partition coefficient (Wildman–Crippen LogP) is 2.90. The Morgan fingerprint density at radius 3 is 2.65 bits per heavy atom. The van der Waals surface area contributed by atoms with Gasteiger partial charge in [-0.05, 0) is 37.3 Å². The van der Waals surface area contributed by atoms with Crippen molar-refractivity contribution in [2.75, 3.05) is 71.1 Å². The molecule has 0 spiro atoms. The monoisotopic (exact) mass is 496 g/mol. The molecule has 1 aromatic rings. The molecule has 0 atom stereocenters. The third-order valence-corrected chi connectivity index (χ3v) is 5.05. The maximum atomic E-state index is 5.49. The zero-order valence-electron chi connectivity index (χ0n) is 16.0. The first-order valence-corrected chi connectivity index (χ1v) is 10.1. The van der Waals surface area contributed by atoms with Crippen LogP contribution in [0.2, 0.25) is 0 Å². The van der Waals surface area contributed by atoms with Gasteiger partial charge in [-0.2, -0.15) is 0 Å². The number of nitrogens with one attached hydrogen (secondary N) is 1. The summed E-state index contributed by atoms with van der Waals surface area (Å²) in [7, 11) is 1.70. The van der Waals surface area contributed by atoms with Gasteiger partial charge in [0.2, 0.25) is 0 Å². The van der Waals surface area contributed by atoms with Gasteiger partial charge in [0.1, 0.15) is 0 Å². The molecule has 0 unspecified atom stereocenters. The molecule has 1 aliphatic heterocycles. The first-order chi connectivity index (χ1) is 12.3. The minimum absolute atomic E-state index is 0. The van der Waals surface area contributed by atoms with Crippen LogP contribution in [0.25, 0.3) is 0 Å². The molecule has 0 aliphatic carbocycles. The Kier molecular flexibility index (Phi) is 13.1. The summed E-state index contributed by atoms with van der Waals surface area (Å²) in [5, 5.41) is 6.95. The molecule has 0 bridgehead atoms. The number of nitrogens with zero attached hydrogens (tertiary/aromatic N) is 3. The fraction of sp³-hybridized carbons (Fsp3) is 0.722. The number of hydrogen-bond donors (Lipinski definition) is 1. The highest BCUT2D eigenvalue weighted by molar-refractivity contribution is 14.0. The number of unbranched alkanes of at least 4 members (excludes halogenated alkanes) is 1. The van der Waals surface area contributed by atoms with Crippen LogP contribution in [0.3, 0.4) is 0 Å². The van der Waals surface area contributed by atoms with E-state index in [4.69, 9.17) is 14.5 Å². The second kappa shape index (κ2) is 14.5. The topological polar surface area (TPSA) is 49.3 Å². The van der Waals surface area contributed by atoms with Gasteiger partial charge in [0.15, 0.2) is 5.96 Å². The van der Waals surface area contributed by atoms with E-state index >= 15 is 0 Å². The number of ether oxygens (including phenoxy) is 2. The fourth-order valence-electron chi connectivity index (χ4n) is 2.76. The SMILES string of the molecule is CCNC(=NCCCCOCCOC)N1CCN(c2cccs2)CC1.I. The summed E-state index contributed by atoms with van der Waals surface area (Å²) in [6, 6.07) is 4.32. The summed E-state index contributed by atoms with van der Waals surface area (Å²) < 4.78 is 10.5. The number of thiophene rings is 1. The molecule has 150 valence electrons. The molecule has 2 heterocycles. The van der Waals surface area contributed by atoms with E-state index in [1.807, 2.05) is 11.3 Å². The first-order valence-electron chi connectivity index (χ1n) is 9.23. The smallest absolute Gasteiger partial charge is 0.194 e. The lowest BCUT2D eigenvalue weighted by molar-refractivity contribution is 0.0690. The number of piperazine rings is 1. The minimum Gasteiger partial charge on any atom is -0.382 e. The molecule has 1 fully saturated rings. The molecule has 0 amide bonds.